The summed E-state index contributed by atoms with van der Waals surface area (Å²) in [6.45, 7) is 0. The molecule has 1 aromatic rings. The molecule has 1 aromatic carbocycles. The number of phenolic OH excluding ortho intramolecular Hbond substituents is 1. The SMILES string of the molecule is O=C(O)CCc1c(O)ccc2c1CCCC2=O. The summed E-state index contributed by atoms with van der Waals surface area (Å²) >= 11 is 0. The van der Waals surface area contributed by atoms with Crippen molar-refractivity contribution in [1.82, 2.24) is 0 Å². The minimum atomic E-state index is -0.899. The minimum Gasteiger partial charge on any atom is -0.508 e. The summed E-state index contributed by atoms with van der Waals surface area (Å²) in [5.41, 5.74) is 2.11. The van der Waals surface area contributed by atoms with E-state index in [4.69, 9.17) is 5.11 Å². The number of Topliss-reactive ketones (excluding diaryl/α,β-unsaturated/α-hetero) is 1. The number of aliphatic carboxylic acids is 1. The second-order valence-corrected chi connectivity index (χ2v) is 4.26. The van der Waals surface area contributed by atoms with E-state index < -0.39 is 5.97 Å². The fourth-order valence-corrected chi connectivity index (χ4v) is 2.30. The molecule has 0 atom stereocenters. The van der Waals surface area contributed by atoms with Crippen molar-refractivity contribution in [2.45, 2.75) is 32.1 Å². The maximum absolute atomic E-state index is 11.7. The molecule has 0 bridgehead atoms. The number of fused-ring (bicyclic) bond motifs is 1. The minimum absolute atomic E-state index is 0.0296. The second kappa shape index (κ2) is 4.57. The maximum Gasteiger partial charge on any atom is 0.303 e. The Bertz CT molecular complexity index is 477. The van der Waals surface area contributed by atoms with E-state index in [9.17, 15) is 14.7 Å². The smallest absolute Gasteiger partial charge is 0.303 e. The Balaban J connectivity index is 2.39. The highest BCUT2D eigenvalue weighted by Crippen LogP contribution is 2.31. The van der Waals surface area contributed by atoms with Crippen LogP contribution in [0.15, 0.2) is 12.1 Å². The van der Waals surface area contributed by atoms with Crippen LogP contribution in [0.2, 0.25) is 0 Å². The van der Waals surface area contributed by atoms with Crippen LogP contribution >= 0.6 is 0 Å². The number of hydrogen-bond donors (Lipinski definition) is 2. The third-order valence-electron chi connectivity index (χ3n) is 3.13. The van der Waals surface area contributed by atoms with Gasteiger partial charge >= 0.3 is 5.97 Å². The highest BCUT2D eigenvalue weighted by molar-refractivity contribution is 5.99. The van der Waals surface area contributed by atoms with Crippen molar-refractivity contribution < 1.29 is 19.8 Å². The topological polar surface area (TPSA) is 74.6 Å². The molecule has 0 aliphatic heterocycles. The van der Waals surface area contributed by atoms with Gasteiger partial charge in [-0.05, 0) is 42.5 Å². The van der Waals surface area contributed by atoms with Gasteiger partial charge in [0.25, 0.3) is 0 Å². The molecule has 1 aliphatic carbocycles. The van der Waals surface area contributed by atoms with E-state index in [0.717, 1.165) is 18.4 Å². The number of carboxylic acid groups (broad SMARTS) is 1. The van der Waals surface area contributed by atoms with Crippen LogP contribution in [0, 0.1) is 0 Å². The highest BCUT2D eigenvalue weighted by Gasteiger charge is 2.21. The molecule has 0 saturated carbocycles. The van der Waals surface area contributed by atoms with Gasteiger partial charge in [-0.1, -0.05) is 0 Å². The van der Waals surface area contributed by atoms with Crippen molar-refractivity contribution in [1.29, 1.82) is 0 Å². The van der Waals surface area contributed by atoms with Crippen LogP contribution in [0.5, 0.6) is 5.75 Å². The van der Waals surface area contributed by atoms with Gasteiger partial charge in [0.1, 0.15) is 5.75 Å². The Morgan fingerprint density at radius 1 is 1.29 bits per heavy atom. The van der Waals surface area contributed by atoms with Crippen LogP contribution in [0.25, 0.3) is 0 Å². The molecule has 0 aromatic heterocycles. The van der Waals surface area contributed by atoms with Gasteiger partial charge in [0.15, 0.2) is 5.78 Å². The van der Waals surface area contributed by atoms with Crippen molar-refractivity contribution >= 4 is 11.8 Å². The lowest BCUT2D eigenvalue weighted by molar-refractivity contribution is -0.136. The standard InChI is InChI=1S/C13H14O4/c14-11-3-1-2-8-9(11)4-6-12(15)10(8)5-7-13(16)17/h4,6,15H,1-3,5,7H2,(H,16,17). The van der Waals surface area contributed by atoms with Gasteiger partial charge in [0.2, 0.25) is 0 Å². The van der Waals surface area contributed by atoms with Crippen LogP contribution in [0.3, 0.4) is 0 Å². The quantitative estimate of drug-likeness (QED) is 0.838. The fourth-order valence-electron chi connectivity index (χ4n) is 2.30. The van der Waals surface area contributed by atoms with Crippen molar-refractivity contribution in [2.24, 2.45) is 0 Å². The number of carboxylic acids is 1. The largest absolute Gasteiger partial charge is 0.508 e. The van der Waals surface area contributed by atoms with E-state index in [1.807, 2.05) is 0 Å². The first-order chi connectivity index (χ1) is 8.09. The average Bonchev–Trinajstić information content (AvgIpc) is 2.27. The van der Waals surface area contributed by atoms with Gasteiger partial charge in [-0.25, -0.2) is 0 Å². The fraction of sp³-hybridized carbons (Fsp3) is 0.385. The first kappa shape index (κ1) is 11.6. The zero-order valence-corrected chi connectivity index (χ0v) is 9.40. The summed E-state index contributed by atoms with van der Waals surface area (Å²) in [7, 11) is 0. The molecule has 0 fully saturated rings. The number of carbonyl (C=O) groups excluding carboxylic acids is 1. The van der Waals surface area contributed by atoms with Gasteiger partial charge in [-0.2, -0.15) is 0 Å². The molecule has 1 aliphatic rings. The summed E-state index contributed by atoms with van der Waals surface area (Å²) in [6, 6.07) is 3.12. The molecule has 2 rings (SSSR count). The number of benzene rings is 1. The van der Waals surface area contributed by atoms with Crippen molar-refractivity contribution in [3.05, 3.63) is 28.8 Å². The van der Waals surface area contributed by atoms with Crippen LogP contribution in [0.4, 0.5) is 0 Å². The lowest BCUT2D eigenvalue weighted by atomic mass is 9.85. The molecule has 0 radical (unpaired) electrons. The van der Waals surface area contributed by atoms with Crippen LogP contribution in [0.1, 0.15) is 40.7 Å². The molecule has 90 valence electrons. The molecule has 4 nitrogen and oxygen atoms in total. The average molecular weight is 234 g/mol. The van der Waals surface area contributed by atoms with Gasteiger partial charge in [0.05, 0.1) is 0 Å². The van der Waals surface area contributed by atoms with Crippen molar-refractivity contribution in [2.75, 3.05) is 0 Å². The molecule has 0 unspecified atom stereocenters. The van der Waals surface area contributed by atoms with E-state index in [-0.39, 0.29) is 24.4 Å². The summed E-state index contributed by atoms with van der Waals surface area (Å²) < 4.78 is 0. The monoisotopic (exact) mass is 234 g/mol. The Morgan fingerprint density at radius 3 is 2.76 bits per heavy atom. The lowest BCUT2D eigenvalue weighted by Gasteiger charge is -2.19. The summed E-state index contributed by atoms with van der Waals surface area (Å²) in [5.74, 6) is -0.716. The van der Waals surface area contributed by atoms with E-state index in [0.29, 0.717) is 17.5 Å². The normalized spacial score (nSPS) is 14.5. The molecular formula is C13H14O4. The number of ketones is 1. The zero-order valence-electron chi connectivity index (χ0n) is 9.40. The van der Waals surface area contributed by atoms with Crippen molar-refractivity contribution in [3.8, 4) is 5.75 Å². The molecule has 0 saturated heterocycles. The van der Waals surface area contributed by atoms with Crippen LogP contribution in [-0.4, -0.2) is 22.0 Å². The van der Waals surface area contributed by atoms with Gasteiger partial charge in [0, 0.05) is 18.4 Å². The van der Waals surface area contributed by atoms with E-state index in [1.165, 1.54) is 6.07 Å². The third kappa shape index (κ3) is 2.30. The third-order valence-corrected chi connectivity index (χ3v) is 3.13. The molecule has 0 spiro atoms. The Hall–Kier alpha value is -1.84. The van der Waals surface area contributed by atoms with Gasteiger partial charge in [-0.15, -0.1) is 0 Å². The molecule has 17 heavy (non-hydrogen) atoms. The maximum atomic E-state index is 11.7. The first-order valence-corrected chi connectivity index (χ1v) is 5.68. The second-order valence-electron chi connectivity index (χ2n) is 4.26. The molecule has 0 amide bonds. The predicted molar refractivity (Wildman–Crippen MR) is 61.3 cm³/mol. The van der Waals surface area contributed by atoms with E-state index >= 15 is 0 Å². The number of rotatable bonds is 3. The summed E-state index contributed by atoms with van der Waals surface area (Å²) in [6.07, 6.45) is 2.30. The van der Waals surface area contributed by atoms with Crippen LogP contribution in [-0.2, 0) is 17.6 Å². The van der Waals surface area contributed by atoms with Gasteiger partial charge < -0.3 is 10.2 Å². The zero-order chi connectivity index (χ0) is 12.4. The number of phenols is 1. The lowest BCUT2D eigenvalue weighted by Crippen LogP contribution is -2.13. The molecular weight excluding hydrogens is 220 g/mol. The van der Waals surface area contributed by atoms with Crippen molar-refractivity contribution in [3.63, 3.8) is 0 Å². The summed E-state index contributed by atoms with van der Waals surface area (Å²) in [5, 5.41) is 18.4. The Labute approximate surface area is 98.9 Å². The van der Waals surface area contributed by atoms with Gasteiger partial charge in [-0.3, -0.25) is 9.59 Å². The Kier molecular flexibility index (Phi) is 3.13. The predicted octanol–water partition coefficient (Wildman–Crippen LogP) is 1.93. The number of aromatic hydroxyl groups is 1. The first-order valence-electron chi connectivity index (χ1n) is 5.68. The summed E-state index contributed by atoms with van der Waals surface area (Å²) in [4.78, 5) is 22.3. The molecule has 4 heteroatoms. The Morgan fingerprint density at radius 2 is 2.06 bits per heavy atom. The van der Waals surface area contributed by atoms with E-state index in [2.05, 4.69) is 0 Å². The van der Waals surface area contributed by atoms with E-state index in [1.54, 1.807) is 6.07 Å². The highest BCUT2D eigenvalue weighted by atomic mass is 16.4. The molecule has 2 N–H and O–H groups in total. The van der Waals surface area contributed by atoms with Crippen LogP contribution < -0.4 is 0 Å². The molecule has 0 heterocycles. The number of hydrogen-bond acceptors (Lipinski definition) is 3. The number of carbonyl (C=O) groups is 2.